The number of fused-ring (bicyclic) bond motifs is 1. The van der Waals surface area contributed by atoms with E-state index in [1.807, 2.05) is 30.3 Å². The molecule has 0 aliphatic heterocycles. The highest BCUT2D eigenvalue weighted by Crippen LogP contribution is 2.32. The number of carboxylic acids is 1. The number of aromatic nitrogens is 2. The van der Waals surface area contributed by atoms with Crippen molar-refractivity contribution < 1.29 is 28.2 Å². The van der Waals surface area contributed by atoms with Gasteiger partial charge in [0.25, 0.3) is 0 Å². The largest absolute Gasteiger partial charge is 0.477 e. The number of nitrogens with zero attached hydrogens (tertiary/aromatic N) is 3. The summed E-state index contributed by atoms with van der Waals surface area (Å²) in [5, 5.41) is 10.8. The molecule has 0 aliphatic carbocycles. The Labute approximate surface area is 214 Å². The molecule has 37 heavy (non-hydrogen) atoms. The molecule has 0 spiro atoms. The van der Waals surface area contributed by atoms with E-state index in [1.54, 1.807) is 13.8 Å². The van der Waals surface area contributed by atoms with Crippen molar-refractivity contribution in [2.45, 2.75) is 33.5 Å². The molecule has 11 heteroatoms. The summed E-state index contributed by atoms with van der Waals surface area (Å²) < 4.78 is 37.3. The highest BCUT2D eigenvalue weighted by atomic mass is 32.1. The summed E-state index contributed by atoms with van der Waals surface area (Å²) in [6.07, 6.45) is 0.497. The number of rotatable bonds is 8. The minimum absolute atomic E-state index is 0.00280. The molecule has 0 radical (unpaired) electrons. The van der Waals surface area contributed by atoms with Gasteiger partial charge in [-0.2, -0.15) is 0 Å². The van der Waals surface area contributed by atoms with Gasteiger partial charge in [0.1, 0.15) is 23.0 Å². The predicted octanol–water partition coefficient (Wildman–Crippen LogP) is 5.28. The first-order valence-electron chi connectivity index (χ1n) is 11.4. The predicted molar refractivity (Wildman–Crippen MR) is 135 cm³/mol. The van der Waals surface area contributed by atoms with Crippen molar-refractivity contribution in [2.24, 2.45) is 0 Å². The molecule has 4 rings (SSSR count). The second-order valence-electron chi connectivity index (χ2n) is 8.09. The number of carboxylic acid groups (broad SMARTS) is 1. The van der Waals surface area contributed by atoms with Crippen LogP contribution >= 0.6 is 11.3 Å². The Morgan fingerprint density at radius 1 is 1.19 bits per heavy atom. The highest BCUT2D eigenvalue weighted by molar-refractivity contribution is 7.09. The number of hydrogen-bond donors (Lipinski definition) is 1. The topological polar surface area (TPSA) is 102 Å². The van der Waals surface area contributed by atoms with E-state index in [2.05, 4.69) is 4.98 Å². The van der Waals surface area contributed by atoms with Crippen molar-refractivity contribution in [1.82, 2.24) is 14.5 Å². The average Bonchev–Trinajstić information content (AvgIpc) is 3.34. The van der Waals surface area contributed by atoms with E-state index in [0.29, 0.717) is 11.6 Å². The lowest BCUT2D eigenvalue weighted by atomic mass is 10.0. The van der Waals surface area contributed by atoms with Gasteiger partial charge in [0.15, 0.2) is 5.82 Å². The third kappa shape index (κ3) is 5.21. The zero-order chi connectivity index (χ0) is 26.7. The van der Waals surface area contributed by atoms with Crippen molar-refractivity contribution >= 4 is 34.3 Å². The van der Waals surface area contributed by atoms with Crippen LogP contribution < -0.4 is 5.43 Å². The number of thiazole rings is 1. The third-order valence-corrected chi connectivity index (χ3v) is 6.64. The smallest absolute Gasteiger partial charge is 0.410 e. The maximum Gasteiger partial charge on any atom is 0.410 e. The normalized spacial score (nSPS) is 11.0. The van der Waals surface area contributed by atoms with Crippen LogP contribution in [0.4, 0.5) is 13.6 Å². The van der Waals surface area contributed by atoms with E-state index in [-0.39, 0.29) is 36.3 Å². The summed E-state index contributed by atoms with van der Waals surface area (Å²) in [4.78, 5) is 42.3. The Hall–Kier alpha value is -4.12. The molecule has 2 aromatic carbocycles. The van der Waals surface area contributed by atoms with Gasteiger partial charge in [-0.25, -0.2) is 23.4 Å². The van der Waals surface area contributed by atoms with Crippen molar-refractivity contribution in [1.29, 1.82) is 0 Å². The zero-order valence-corrected chi connectivity index (χ0v) is 20.8. The number of hydrogen-bond acceptors (Lipinski definition) is 6. The fourth-order valence-corrected chi connectivity index (χ4v) is 4.70. The number of pyridine rings is 1. The third-order valence-electron chi connectivity index (χ3n) is 5.80. The summed E-state index contributed by atoms with van der Waals surface area (Å²) in [5.41, 5.74) is -1.34. The van der Waals surface area contributed by atoms with Crippen LogP contribution in [-0.2, 0) is 24.4 Å². The Morgan fingerprint density at radius 3 is 2.57 bits per heavy atom. The van der Waals surface area contributed by atoms with E-state index in [4.69, 9.17) is 4.74 Å². The molecule has 0 saturated heterocycles. The van der Waals surface area contributed by atoms with Crippen LogP contribution in [0.2, 0.25) is 0 Å². The van der Waals surface area contributed by atoms with Crippen LogP contribution in [-0.4, -0.2) is 38.2 Å². The highest BCUT2D eigenvalue weighted by Gasteiger charge is 2.24. The molecule has 1 amide bonds. The maximum atomic E-state index is 15.6. The number of benzene rings is 2. The van der Waals surface area contributed by atoms with E-state index in [0.717, 1.165) is 29.2 Å². The van der Waals surface area contributed by atoms with Gasteiger partial charge in [-0.3, -0.25) is 4.79 Å². The van der Waals surface area contributed by atoms with Crippen LogP contribution in [0.3, 0.4) is 0 Å². The summed E-state index contributed by atoms with van der Waals surface area (Å²) in [5.74, 6) is -3.54. The van der Waals surface area contributed by atoms with E-state index >= 15 is 8.78 Å². The van der Waals surface area contributed by atoms with Gasteiger partial charge in [-0.15, -0.1) is 11.3 Å². The first-order valence-corrected chi connectivity index (χ1v) is 12.3. The van der Waals surface area contributed by atoms with Crippen LogP contribution in [0, 0.1) is 11.6 Å². The molecule has 0 aliphatic rings. The van der Waals surface area contributed by atoms with E-state index in [1.165, 1.54) is 14.8 Å². The molecule has 0 atom stereocenters. The molecular weight excluding hydrogens is 504 g/mol. The number of carbonyl (C=O) groups excluding carboxylic acids is 1. The molecule has 192 valence electrons. The van der Waals surface area contributed by atoms with Crippen LogP contribution in [0.5, 0.6) is 0 Å². The lowest BCUT2D eigenvalue weighted by molar-refractivity contribution is 0.0694. The van der Waals surface area contributed by atoms with Gasteiger partial charge in [0, 0.05) is 24.7 Å². The quantitative estimate of drug-likeness (QED) is 0.335. The summed E-state index contributed by atoms with van der Waals surface area (Å²) in [6.45, 7) is 4.09. The molecular formula is C26H23F2N3O5S. The van der Waals surface area contributed by atoms with Gasteiger partial charge in [0.2, 0.25) is 5.43 Å². The fourth-order valence-electron chi connectivity index (χ4n) is 3.90. The monoisotopic (exact) mass is 527 g/mol. The molecule has 2 heterocycles. The lowest BCUT2D eigenvalue weighted by Gasteiger charge is -2.19. The molecule has 8 nitrogen and oxygen atoms in total. The number of carbonyl (C=O) groups is 2. The SMILES string of the molecule is CCN(Cc1nc(-c2c(F)cc3c(=O)c(C(=O)O)cn(CC)c3c2F)cs1)C(=O)OCc1ccccc1. The first-order chi connectivity index (χ1) is 17.7. The second kappa shape index (κ2) is 10.9. The van der Waals surface area contributed by atoms with Crippen LogP contribution in [0.15, 0.2) is 52.8 Å². The number of aromatic carboxylic acids is 1. The van der Waals surface area contributed by atoms with E-state index < -0.39 is 40.3 Å². The summed E-state index contributed by atoms with van der Waals surface area (Å²) in [6, 6.07) is 10.1. The van der Waals surface area contributed by atoms with Crippen LogP contribution in [0.25, 0.3) is 22.2 Å². The van der Waals surface area contributed by atoms with Crippen molar-refractivity contribution in [3.8, 4) is 11.3 Å². The fraction of sp³-hybridized carbons (Fsp3) is 0.231. The summed E-state index contributed by atoms with van der Waals surface area (Å²) >= 11 is 1.12. The Kier molecular flexibility index (Phi) is 7.63. The number of ether oxygens (including phenoxy) is 1. The van der Waals surface area contributed by atoms with Gasteiger partial charge in [-0.1, -0.05) is 30.3 Å². The van der Waals surface area contributed by atoms with Crippen molar-refractivity contribution in [2.75, 3.05) is 6.54 Å². The Morgan fingerprint density at radius 2 is 1.92 bits per heavy atom. The van der Waals surface area contributed by atoms with Crippen LogP contribution in [0.1, 0.15) is 34.8 Å². The molecule has 1 N–H and O–H groups in total. The molecule has 0 unspecified atom stereocenters. The molecule has 2 aromatic heterocycles. The van der Waals surface area contributed by atoms with Gasteiger partial charge in [-0.05, 0) is 25.5 Å². The standard InChI is InChI=1S/C26H23F2N3O5S/c1-3-30-11-17(25(33)34)24(32)16-10-18(27)21(22(28)23(16)30)19-14-37-20(29-19)12-31(4-2)26(35)36-13-15-8-6-5-7-9-15/h5-11,14H,3-4,12-13H2,1-2H3,(H,33,34). The van der Waals surface area contributed by atoms with Gasteiger partial charge >= 0.3 is 12.1 Å². The molecule has 0 bridgehead atoms. The summed E-state index contributed by atoms with van der Waals surface area (Å²) in [7, 11) is 0. The minimum Gasteiger partial charge on any atom is -0.477 e. The lowest BCUT2D eigenvalue weighted by Crippen LogP contribution is -2.30. The Bertz CT molecular complexity index is 1530. The molecule has 0 saturated carbocycles. The Balaban J connectivity index is 1.63. The molecule has 4 aromatic rings. The van der Waals surface area contributed by atoms with Gasteiger partial charge < -0.3 is 19.3 Å². The zero-order valence-electron chi connectivity index (χ0n) is 20.0. The van der Waals surface area contributed by atoms with E-state index in [9.17, 15) is 19.5 Å². The van der Waals surface area contributed by atoms with Crippen molar-refractivity contribution in [3.63, 3.8) is 0 Å². The first kappa shape index (κ1) is 26.0. The minimum atomic E-state index is -1.48. The number of amides is 1. The number of halogens is 2. The maximum absolute atomic E-state index is 15.6. The molecule has 0 fully saturated rings. The average molecular weight is 528 g/mol. The van der Waals surface area contributed by atoms with Crippen molar-refractivity contribution in [3.05, 3.63) is 86.0 Å². The second-order valence-corrected chi connectivity index (χ2v) is 9.03. The number of aryl methyl sites for hydroxylation is 1. The van der Waals surface area contributed by atoms with Gasteiger partial charge in [0.05, 0.1) is 28.7 Å².